The van der Waals surface area contributed by atoms with Gasteiger partial charge in [-0.2, -0.15) is 0 Å². The molecule has 2 aliphatic heterocycles. The van der Waals surface area contributed by atoms with Crippen molar-refractivity contribution in [2.45, 2.75) is 149 Å². The molecule has 2 unspecified atom stereocenters. The Balaban J connectivity index is 2.13. The summed E-state index contributed by atoms with van der Waals surface area (Å²) in [6.45, 7) is 16.7. The molecule has 0 aliphatic carbocycles. The van der Waals surface area contributed by atoms with Gasteiger partial charge in [0.1, 0.15) is 0 Å². The molecular formula is C26H52N2S4. The van der Waals surface area contributed by atoms with Crippen LogP contribution in [0.3, 0.4) is 0 Å². The van der Waals surface area contributed by atoms with Crippen LogP contribution in [0.4, 0.5) is 0 Å². The first-order chi connectivity index (χ1) is 15.6. The van der Waals surface area contributed by atoms with E-state index in [0.29, 0.717) is 0 Å². The Labute approximate surface area is 218 Å². The lowest BCUT2D eigenvalue weighted by molar-refractivity contribution is 0.152. The summed E-state index contributed by atoms with van der Waals surface area (Å²) in [7, 11) is 0. The molecule has 0 radical (unpaired) electrons. The third-order valence-electron chi connectivity index (χ3n) is 6.52. The highest BCUT2D eigenvalue weighted by Crippen LogP contribution is 2.47. The minimum atomic E-state index is 0.724. The minimum Gasteiger partial charge on any atom is -0.278 e. The highest BCUT2D eigenvalue weighted by molar-refractivity contribution is 8.18. The molecule has 0 spiro atoms. The van der Waals surface area contributed by atoms with Gasteiger partial charge in [0.2, 0.25) is 0 Å². The lowest BCUT2D eigenvalue weighted by atomic mass is 10.2. The van der Waals surface area contributed by atoms with E-state index >= 15 is 0 Å². The molecule has 0 amide bonds. The summed E-state index contributed by atoms with van der Waals surface area (Å²) >= 11 is 9.18. The fourth-order valence-corrected chi connectivity index (χ4v) is 13.1. The second-order valence-corrected chi connectivity index (χ2v) is 15.6. The lowest BCUT2D eigenvalue weighted by Crippen LogP contribution is -2.52. The van der Waals surface area contributed by atoms with Gasteiger partial charge in [-0.1, -0.05) is 80.1 Å². The highest BCUT2D eigenvalue weighted by atomic mass is 32.2. The average molecular weight is 521 g/mol. The normalized spacial score (nSPS) is 32.4. The van der Waals surface area contributed by atoms with Crippen molar-refractivity contribution < 1.29 is 0 Å². The van der Waals surface area contributed by atoms with Crippen molar-refractivity contribution in [3.63, 3.8) is 0 Å². The van der Waals surface area contributed by atoms with Gasteiger partial charge in [0.25, 0.3) is 0 Å². The van der Waals surface area contributed by atoms with E-state index in [4.69, 9.17) is 0 Å². The van der Waals surface area contributed by atoms with Crippen molar-refractivity contribution in [1.82, 2.24) is 9.80 Å². The third-order valence-corrected chi connectivity index (χ3v) is 13.3. The fourth-order valence-electron chi connectivity index (χ4n) is 4.92. The van der Waals surface area contributed by atoms with Crippen LogP contribution < -0.4 is 0 Å². The monoisotopic (exact) mass is 520 g/mol. The average Bonchev–Trinajstić information content (AvgIpc) is 2.76. The number of thioether (sulfide) groups is 4. The minimum absolute atomic E-state index is 0.724. The van der Waals surface area contributed by atoms with Crippen molar-refractivity contribution in [2.24, 2.45) is 0 Å². The number of hydrogen-bond acceptors (Lipinski definition) is 6. The van der Waals surface area contributed by atoms with E-state index in [9.17, 15) is 0 Å². The standard InChI is InChI=1S/C26H52N2S4/c1-7-13-21-27(22(14-8-2)30-25(29-21)17-11-5)19-20-28-23(15-9-3)31-26(18-12-6)32-24(28)16-10-4/h21-26H,7-20H2,1-6H3/t21-,22+,23-,24+,25?,26?. The van der Waals surface area contributed by atoms with Crippen LogP contribution in [0.5, 0.6) is 0 Å². The largest absolute Gasteiger partial charge is 0.278 e. The van der Waals surface area contributed by atoms with Crippen LogP contribution in [0, 0.1) is 0 Å². The molecule has 0 aromatic heterocycles. The molecule has 6 atom stereocenters. The zero-order valence-corrected chi connectivity index (χ0v) is 25.2. The summed E-state index contributed by atoms with van der Waals surface area (Å²) in [4.78, 5) is 5.88. The van der Waals surface area contributed by atoms with Gasteiger partial charge >= 0.3 is 0 Å². The maximum Gasteiger partial charge on any atom is 0.0578 e. The molecule has 6 heteroatoms. The second kappa shape index (κ2) is 16.9. The van der Waals surface area contributed by atoms with Crippen molar-refractivity contribution in [3.05, 3.63) is 0 Å². The van der Waals surface area contributed by atoms with Crippen LogP contribution in [0.2, 0.25) is 0 Å². The van der Waals surface area contributed by atoms with Crippen LogP contribution in [0.1, 0.15) is 119 Å². The third kappa shape index (κ3) is 9.08. The Morgan fingerprint density at radius 2 is 0.656 bits per heavy atom. The first-order valence-corrected chi connectivity index (χ1v) is 17.5. The van der Waals surface area contributed by atoms with Gasteiger partial charge in [0.15, 0.2) is 0 Å². The molecule has 2 saturated heterocycles. The van der Waals surface area contributed by atoms with Gasteiger partial charge in [-0.25, -0.2) is 0 Å². The molecule has 2 aliphatic rings. The van der Waals surface area contributed by atoms with E-state index < -0.39 is 0 Å². The van der Waals surface area contributed by atoms with E-state index in [2.05, 4.69) is 98.4 Å². The van der Waals surface area contributed by atoms with Gasteiger partial charge in [-0.05, 0) is 38.5 Å². The number of rotatable bonds is 15. The van der Waals surface area contributed by atoms with E-state index in [1.165, 1.54) is 90.1 Å². The van der Waals surface area contributed by atoms with Crippen molar-refractivity contribution >= 4 is 47.0 Å². The first-order valence-electron chi connectivity index (χ1n) is 13.7. The molecule has 2 rings (SSSR count). The highest BCUT2D eigenvalue weighted by Gasteiger charge is 2.38. The van der Waals surface area contributed by atoms with Crippen LogP contribution in [-0.4, -0.2) is 53.5 Å². The second-order valence-electron chi connectivity index (χ2n) is 9.43. The number of nitrogens with zero attached hydrogens (tertiary/aromatic N) is 2. The molecule has 0 aromatic rings. The maximum atomic E-state index is 2.94. The van der Waals surface area contributed by atoms with E-state index in [1.54, 1.807) is 0 Å². The SMILES string of the molecule is CCCC1S[C@@H](CCC)N(CCN2[C@H](CCC)SC(CCC)S[C@@H]2CCC)[C@@H](CCC)S1. The van der Waals surface area contributed by atoms with Gasteiger partial charge < -0.3 is 0 Å². The molecule has 0 saturated carbocycles. The van der Waals surface area contributed by atoms with Crippen molar-refractivity contribution in [1.29, 1.82) is 0 Å². The molecule has 0 bridgehead atoms. The fraction of sp³-hybridized carbons (Fsp3) is 1.00. The van der Waals surface area contributed by atoms with Gasteiger partial charge in [0.05, 0.1) is 30.7 Å². The molecular weight excluding hydrogens is 469 g/mol. The Kier molecular flexibility index (Phi) is 15.6. The summed E-state index contributed by atoms with van der Waals surface area (Å²) in [6, 6.07) is 0. The number of hydrogen-bond donors (Lipinski definition) is 0. The Morgan fingerprint density at radius 3 is 0.875 bits per heavy atom. The van der Waals surface area contributed by atoms with Crippen LogP contribution >= 0.6 is 47.0 Å². The Morgan fingerprint density at radius 1 is 0.406 bits per heavy atom. The van der Waals surface area contributed by atoms with Gasteiger partial charge in [-0.3, -0.25) is 9.80 Å². The van der Waals surface area contributed by atoms with Crippen LogP contribution in [0.25, 0.3) is 0 Å². The van der Waals surface area contributed by atoms with Gasteiger partial charge in [0, 0.05) is 13.1 Å². The molecule has 0 N–H and O–H groups in total. The zero-order chi connectivity index (χ0) is 23.3. The molecule has 0 aromatic carbocycles. The summed E-state index contributed by atoms with van der Waals surface area (Å²) in [5.41, 5.74) is 0. The maximum absolute atomic E-state index is 2.94. The molecule has 190 valence electrons. The summed E-state index contributed by atoms with van der Waals surface area (Å²) in [6.07, 6.45) is 16.0. The van der Waals surface area contributed by atoms with Crippen molar-refractivity contribution in [2.75, 3.05) is 13.1 Å². The molecule has 2 fully saturated rings. The lowest BCUT2D eigenvalue weighted by Gasteiger charge is -2.48. The summed E-state index contributed by atoms with van der Waals surface area (Å²) in [5.74, 6) is 0. The summed E-state index contributed by atoms with van der Waals surface area (Å²) < 4.78 is 1.61. The van der Waals surface area contributed by atoms with Gasteiger partial charge in [-0.15, -0.1) is 47.0 Å². The summed E-state index contributed by atoms with van der Waals surface area (Å²) in [5, 5.41) is 2.89. The topological polar surface area (TPSA) is 6.48 Å². The predicted octanol–water partition coefficient (Wildman–Crippen LogP) is 9.31. The molecule has 32 heavy (non-hydrogen) atoms. The molecule has 2 heterocycles. The smallest absolute Gasteiger partial charge is 0.0578 e. The van der Waals surface area contributed by atoms with Crippen LogP contribution in [0.15, 0.2) is 0 Å². The Hall–Kier alpha value is 1.32. The van der Waals surface area contributed by atoms with E-state index in [1.807, 2.05) is 0 Å². The van der Waals surface area contributed by atoms with E-state index in [0.717, 1.165) is 30.7 Å². The Bertz CT molecular complexity index is 407. The zero-order valence-electron chi connectivity index (χ0n) is 21.9. The van der Waals surface area contributed by atoms with Crippen LogP contribution in [-0.2, 0) is 0 Å². The van der Waals surface area contributed by atoms with Crippen molar-refractivity contribution in [3.8, 4) is 0 Å². The van der Waals surface area contributed by atoms with E-state index in [-0.39, 0.29) is 0 Å². The predicted molar refractivity (Wildman–Crippen MR) is 156 cm³/mol. The first kappa shape index (κ1) is 29.5. The quantitative estimate of drug-likeness (QED) is 0.211. The molecule has 2 nitrogen and oxygen atoms in total.